The highest BCUT2D eigenvalue weighted by molar-refractivity contribution is 5.70. The van der Waals surface area contributed by atoms with Crippen LogP contribution >= 0.6 is 0 Å². The molecule has 3 heterocycles. The Hall–Kier alpha value is -1.70. The number of methoxy groups -OCH3 is 1. The lowest BCUT2D eigenvalue weighted by Gasteiger charge is -2.42. The zero-order valence-corrected chi connectivity index (χ0v) is 16.4. The summed E-state index contributed by atoms with van der Waals surface area (Å²) < 4.78 is 25.1. The van der Waals surface area contributed by atoms with Gasteiger partial charge in [-0.1, -0.05) is 11.6 Å². The third kappa shape index (κ3) is 3.32. The van der Waals surface area contributed by atoms with Gasteiger partial charge in [0.1, 0.15) is 29.7 Å². The highest BCUT2D eigenvalue weighted by Crippen LogP contribution is 2.59. The largest absolute Gasteiger partial charge is 0.443 e. The van der Waals surface area contributed by atoms with Crippen molar-refractivity contribution in [2.24, 2.45) is 5.92 Å². The number of aromatic nitrogens is 2. The van der Waals surface area contributed by atoms with Gasteiger partial charge in [-0.25, -0.2) is 14.3 Å². The second-order valence-corrected chi connectivity index (χ2v) is 8.27. The van der Waals surface area contributed by atoms with E-state index in [1.54, 1.807) is 19.5 Å². The van der Waals surface area contributed by atoms with Crippen LogP contribution in [0.4, 0.5) is 4.79 Å². The van der Waals surface area contributed by atoms with E-state index in [1.807, 2.05) is 0 Å². The first-order valence-electron chi connectivity index (χ1n) is 9.56. The van der Waals surface area contributed by atoms with Crippen molar-refractivity contribution in [3.63, 3.8) is 0 Å². The molecule has 2 saturated heterocycles. The van der Waals surface area contributed by atoms with Crippen LogP contribution in [0.1, 0.15) is 40.0 Å². The van der Waals surface area contributed by atoms with Crippen molar-refractivity contribution in [2.75, 3.05) is 13.7 Å². The molecule has 4 rings (SSSR count). The summed E-state index contributed by atoms with van der Waals surface area (Å²) in [6, 6.07) is 0. The summed E-state index contributed by atoms with van der Waals surface area (Å²) >= 11 is 0. The number of carbonyl (C=O) groups excluding carboxylic acids is 1. The summed E-state index contributed by atoms with van der Waals surface area (Å²) in [4.78, 5) is 16.3. The number of epoxide rings is 2. The van der Waals surface area contributed by atoms with Gasteiger partial charge in [-0.2, -0.15) is 0 Å². The Morgan fingerprint density at radius 2 is 2.22 bits per heavy atom. The van der Waals surface area contributed by atoms with Crippen molar-refractivity contribution in [1.29, 1.82) is 0 Å². The molecule has 0 bridgehead atoms. The predicted octanol–water partition coefficient (Wildman–Crippen LogP) is 2.94. The number of hydrogen-bond acceptors (Lipinski definition) is 6. The molecule has 1 spiro atoms. The minimum Gasteiger partial charge on any atom is -0.443 e. The number of nitrogens with zero attached hydrogens (tertiary/aromatic N) is 2. The average molecular weight is 376 g/mol. The molecule has 0 N–H and O–H groups in total. The van der Waals surface area contributed by atoms with E-state index in [9.17, 15) is 4.79 Å². The smallest absolute Gasteiger partial charge is 0.419 e. The van der Waals surface area contributed by atoms with E-state index in [-0.39, 0.29) is 35.4 Å². The fraction of sp³-hybridized carbons (Fsp3) is 0.700. The third-order valence-corrected chi connectivity index (χ3v) is 6.20. The molecule has 1 aromatic rings. The van der Waals surface area contributed by atoms with Gasteiger partial charge in [-0.05, 0) is 40.0 Å². The molecule has 1 aromatic heterocycles. The Morgan fingerprint density at radius 3 is 2.81 bits per heavy atom. The monoisotopic (exact) mass is 376 g/mol. The fourth-order valence-electron chi connectivity index (χ4n) is 4.63. The second-order valence-electron chi connectivity index (χ2n) is 8.27. The quantitative estimate of drug-likeness (QED) is 0.581. The molecule has 0 unspecified atom stereocenters. The topological polar surface area (TPSA) is 78.4 Å². The van der Waals surface area contributed by atoms with Crippen molar-refractivity contribution in [1.82, 2.24) is 9.55 Å². The molecule has 3 aliphatic rings. The average Bonchev–Trinajstić information content (AvgIpc) is 3.46. The van der Waals surface area contributed by atoms with Crippen molar-refractivity contribution in [2.45, 2.75) is 69.5 Å². The van der Waals surface area contributed by atoms with Gasteiger partial charge in [0.2, 0.25) is 0 Å². The molecule has 148 valence electrons. The molecular formula is C20H28N2O5. The Morgan fingerprint density at radius 1 is 1.44 bits per heavy atom. The van der Waals surface area contributed by atoms with Crippen LogP contribution in [0, 0.1) is 5.92 Å². The third-order valence-electron chi connectivity index (χ3n) is 6.20. The van der Waals surface area contributed by atoms with Crippen LogP contribution in [0.25, 0.3) is 0 Å². The van der Waals surface area contributed by atoms with Crippen molar-refractivity contribution in [3.05, 3.63) is 30.4 Å². The van der Waals surface area contributed by atoms with Gasteiger partial charge in [0, 0.05) is 19.5 Å². The first-order chi connectivity index (χ1) is 12.9. The van der Waals surface area contributed by atoms with E-state index in [1.165, 1.54) is 16.5 Å². The van der Waals surface area contributed by atoms with Crippen LogP contribution in [-0.4, -0.2) is 58.9 Å². The van der Waals surface area contributed by atoms with Crippen LogP contribution in [0.3, 0.4) is 0 Å². The molecule has 0 amide bonds. The van der Waals surface area contributed by atoms with Crippen molar-refractivity contribution >= 4 is 6.09 Å². The molecule has 6 atom stereocenters. The lowest BCUT2D eigenvalue weighted by Crippen LogP contribution is -2.55. The summed E-state index contributed by atoms with van der Waals surface area (Å²) in [5.41, 5.74) is 0.736. The number of imidazole rings is 1. The van der Waals surface area contributed by atoms with E-state index in [4.69, 9.17) is 18.9 Å². The Labute approximate surface area is 159 Å². The highest BCUT2D eigenvalue weighted by atomic mass is 16.6. The van der Waals surface area contributed by atoms with Gasteiger partial charge >= 0.3 is 6.09 Å². The van der Waals surface area contributed by atoms with E-state index in [0.717, 1.165) is 12.8 Å². The molecule has 2 aliphatic heterocycles. The molecule has 1 aliphatic carbocycles. The summed E-state index contributed by atoms with van der Waals surface area (Å²) in [6.07, 6.45) is 8.31. The van der Waals surface area contributed by atoms with Crippen LogP contribution in [-0.2, 0) is 18.9 Å². The Balaban J connectivity index is 1.52. The first kappa shape index (κ1) is 18.7. The predicted molar refractivity (Wildman–Crippen MR) is 97.4 cm³/mol. The van der Waals surface area contributed by atoms with E-state index in [2.05, 4.69) is 31.8 Å². The zero-order chi connectivity index (χ0) is 19.2. The molecule has 0 aromatic carbocycles. The lowest BCUT2D eigenvalue weighted by atomic mass is 9.68. The van der Waals surface area contributed by atoms with Gasteiger partial charge < -0.3 is 18.9 Å². The zero-order valence-electron chi connectivity index (χ0n) is 16.4. The van der Waals surface area contributed by atoms with E-state index >= 15 is 0 Å². The van der Waals surface area contributed by atoms with Crippen molar-refractivity contribution < 1.29 is 23.7 Å². The number of allylic oxidation sites excluding steroid dienone is 1. The van der Waals surface area contributed by atoms with Crippen LogP contribution in [0.2, 0.25) is 0 Å². The van der Waals surface area contributed by atoms with Gasteiger partial charge in [0.05, 0.1) is 18.6 Å². The van der Waals surface area contributed by atoms with Gasteiger partial charge in [-0.3, -0.25) is 0 Å². The van der Waals surface area contributed by atoms with E-state index < -0.39 is 6.09 Å². The number of hydrogen-bond donors (Lipinski definition) is 0. The van der Waals surface area contributed by atoms with Crippen LogP contribution in [0.15, 0.2) is 30.4 Å². The summed E-state index contributed by atoms with van der Waals surface area (Å²) in [5, 5.41) is 0. The maximum atomic E-state index is 12.4. The summed E-state index contributed by atoms with van der Waals surface area (Å²) in [5.74, 6) is 0.0277. The highest BCUT2D eigenvalue weighted by Gasteiger charge is 2.72. The normalized spacial score (nSPS) is 39.9. The summed E-state index contributed by atoms with van der Waals surface area (Å²) in [7, 11) is 1.67. The molecule has 0 radical (unpaired) electrons. The maximum Gasteiger partial charge on any atom is 0.419 e. The minimum absolute atomic E-state index is 0.0277. The standard InChI is InChI=1S/C20H28N2O5/c1-13(2)5-6-15-19(3,27-15)17-16(24-4)14(7-8-20(17)11-25-20)26-18(23)22-10-9-21-12-22/h5,9-10,12,14-17H,6-8,11H2,1-4H3/t14-,15-,16-,17-,19+,20+/m1/s1. The van der Waals surface area contributed by atoms with Gasteiger partial charge in [0.25, 0.3) is 0 Å². The van der Waals surface area contributed by atoms with Crippen LogP contribution in [0.5, 0.6) is 0 Å². The fourth-order valence-corrected chi connectivity index (χ4v) is 4.63. The number of carbonyl (C=O) groups is 1. The first-order valence-corrected chi connectivity index (χ1v) is 9.56. The maximum absolute atomic E-state index is 12.4. The number of rotatable bonds is 5. The minimum atomic E-state index is -0.436. The van der Waals surface area contributed by atoms with Gasteiger partial charge in [0.15, 0.2) is 0 Å². The SMILES string of the molecule is CO[C@@H]1[C@H](OC(=O)n2ccnc2)CC[C@]2(CO2)[C@H]1[C@@]1(C)O[C@@H]1CC=C(C)C. The van der Waals surface area contributed by atoms with Crippen molar-refractivity contribution in [3.8, 4) is 0 Å². The molecule has 1 saturated carbocycles. The van der Waals surface area contributed by atoms with E-state index in [0.29, 0.717) is 13.0 Å². The molecule has 27 heavy (non-hydrogen) atoms. The molecule has 3 fully saturated rings. The number of ether oxygens (including phenoxy) is 4. The molecule has 7 nitrogen and oxygen atoms in total. The summed E-state index contributed by atoms with van der Waals surface area (Å²) in [6.45, 7) is 7.04. The van der Waals surface area contributed by atoms with Crippen LogP contribution < -0.4 is 0 Å². The Kier molecular flexibility index (Phi) is 4.64. The Bertz CT molecular complexity index is 723. The molecule has 7 heteroatoms. The van der Waals surface area contributed by atoms with Gasteiger partial charge in [-0.15, -0.1) is 0 Å². The molecular weight excluding hydrogens is 348 g/mol. The lowest BCUT2D eigenvalue weighted by molar-refractivity contribution is -0.117. The second kappa shape index (κ2) is 6.72.